The van der Waals surface area contributed by atoms with Crippen LogP contribution in [0.25, 0.3) is 0 Å². The number of esters is 1. The number of aliphatic hydroxyl groups is 3. The van der Waals surface area contributed by atoms with Crippen LogP contribution in [0.4, 0.5) is 0 Å². The summed E-state index contributed by atoms with van der Waals surface area (Å²) in [6.07, 6.45) is -1.12. The molecule has 8 aliphatic rings. The van der Waals surface area contributed by atoms with Gasteiger partial charge >= 0.3 is 5.97 Å². The first-order chi connectivity index (χ1) is 26.7. The molecule has 6 aliphatic heterocycles. The first-order valence-corrected chi connectivity index (χ1v) is 20.7. The summed E-state index contributed by atoms with van der Waals surface area (Å²) in [4.78, 5) is 13.7. The number of ether oxygens (including phenoxy) is 11. The Morgan fingerprint density at radius 1 is 0.839 bits per heavy atom. The summed E-state index contributed by atoms with van der Waals surface area (Å²) in [5.74, 6) is -1.10. The van der Waals surface area contributed by atoms with Gasteiger partial charge in [0, 0.05) is 34.0 Å². The number of rotatable bonds is 8. The molecule has 15 nitrogen and oxygen atoms in total. The second-order valence-corrected chi connectivity index (χ2v) is 17.7. The second-order valence-electron chi connectivity index (χ2n) is 17.7. The highest BCUT2D eigenvalue weighted by Crippen LogP contribution is 2.57. The molecule has 6 fully saturated rings. The van der Waals surface area contributed by atoms with Gasteiger partial charge in [-0.1, -0.05) is 18.6 Å². The largest absolute Gasteiger partial charge is 0.469 e. The molecule has 15 heteroatoms. The number of carbonyl (C=O) groups is 1. The molecule has 316 valence electrons. The van der Waals surface area contributed by atoms with E-state index in [2.05, 4.69) is 13.0 Å². The van der Waals surface area contributed by atoms with Crippen molar-refractivity contribution in [1.82, 2.24) is 0 Å². The lowest BCUT2D eigenvalue weighted by molar-refractivity contribution is -0.352. The highest BCUT2D eigenvalue weighted by atomic mass is 16.8. The van der Waals surface area contributed by atoms with Crippen LogP contribution in [0.5, 0.6) is 0 Å². The van der Waals surface area contributed by atoms with Gasteiger partial charge in [0.25, 0.3) is 0 Å². The van der Waals surface area contributed by atoms with Gasteiger partial charge in [0.15, 0.2) is 18.9 Å². The summed E-state index contributed by atoms with van der Waals surface area (Å²) in [5.41, 5.74) is 2.24. The Balaban J connectivity index is 0.869. The molecule has 0 radical (unpaired) electrons. The van der Waals surface area contributed by atoms with Crippen molar-refractivity contribution >= 4 is 5.97 Å². The fraction of sp³-hybridized carbons (Fsp3) is 0.878. The van der Waals surface area contributed by atoms with Crippen LogP contribution in [0, 0.1) is 23.2 Å². The second kappa shape index (κ2) is 16.0. The van der Waals surface area contributed by atoms with E-state index in [1.807, 2.05) is 20.1 Å². The van der Waals surface area contributed by atoms with E-state index in [-0.39, 0.29) is 47.8 Å². The fourth-order valence-corrected chi connectivity index (χ4v) is 11.0. The molecule has 56 heavy (non-hydrogen) atoms. The zero-order chi connectivity index (χ0) is 39.7. The Kier molecular flexibility index (Phi) is 11.7. The SMILES string of the molecule is COC1CC(OC2C(O)CC(OC3C(C)OC(OC4CCC5(C)C(=CCC6C(=O)OC7COC8(C)OC=C(CCC65)C78)C4)C(O)C3OC)OC2C)OC(C)C1O. The maximum Gasteiger partial charge on any atom is 0.309 e. The standard InChI is InChI=1S/C41H62O15/c1-19-33(43)28(46-6)16-31(50-19)55-35-20(2)51-30(15-27(35)42)56-36-21(3)52-39(34(44)37(36)47-7)53-24-12-13-40(4)23(14-24)9-10-25-26(40)11-8-22-17-48-41(5)32(22)29(18-49-41)54-38(25)45/h9,17,19-21,24-37,39,42-44H,8,10-16,18H2,1-7H3. The number of aliphatic hydroxyl groups excluding tert-OH is 3. The van der Waals surface area contributed by atoms with Gasteiger partial charge < -0.3 is 67.4 Å². The third-order valence-corrected chi connectivity index (χ3v) is 14.3. The molecule has 20 unspecified atom stereocenters. The fourth-order valence-electron chi connectivity index (χ4n) is 11.0. The lowest BCUT2D eigenvalue weighted by Crippen LogP contribution is -2.61. The highest BCUT2D eigenvalue weighted by molar-refractivity contribution is 5.74. The van der Waals surface area contributed by atoms with Crippen LogP contribution in [0.15, 0.2) is 23.5 Å². The van der Waals surface area contributed by atoms with Crippen LogP contribution in [-0.2, 0) is 56.9 Å². The Hall–Kier alpha value is -1.73. The van der Waals surface area contributed by atoms with Crippen LogP contribution < -0.4 is 0 Å². The van der Waals surface area contributed by atoms with Gasteiger partial charge in [-0.25, -0.2) is 0 Å². The normalized spacial score (nSPS) is 51.9. The van der Waals surface area contributed by atoms with Crippen LogP contribution in [-0.4, -0.2) is 140 Å². The van der Waals surface area contributed by atoms with E-state index in [4.69, 9.17) is 52.1 Å². The average Bonchev–Trinajstić information content (AvgIpc) is 3.68. The number of hydrogen-bond donors (Lipinski definition) is 3. The quantitative estimate of drug-likeness (QED) is 0.241. The first-order valence-electron chi connectivity index (χ1n) is 20.7. The van der Waals surface area contributed by atoms with Crippen molar-refractivity contribution < 1.29 is 72.2 Å². The van der Waals surface area contributed by atoms with Crippen molar-refractivity contribution in [3.05, 3.63) is 23.5 Å². The average molecular weight is 795 g/mol. The lowest BCUT2D eigenvalue weighted by Gasteiger charge is -2.51. The van der Waals surface area contributed by atoms with E-state index in [0.717, 1.165) is 31.3 Å². The molecule has 6 heterocycles. The van der Waals surface area contributed by atoms with Crippen LogP contribution in [0.1, 0.15) is 86.0 Å². The first kappa shape index (κ1) is 41.0. The minimum Gasteiger partial charge on any atom is -0.469 e. The summed E-state index contributed by atoms with van der Waals surface area (Å²) < 4.78 is 66.7. The molecule has 5 saturated heterocycles. The molecule has 0 amide bonds. The van der Waals surface area contributed by atoms with E-state index in [1.54, 1.807) is 13.8 Å². The summed E-state index contributed by atoms with van der Waals surface area (Å²) in [5, 5.41) is 33.1. The third-order valence-electron chi connectivity index (χ3n) is 14.3. The molecule has 8 rings (SSSR count). The van der Waals surface area contributed by atoms with E-state index < -0.39 is 85.7 Å². The van der Waals surface area contributed by atoms with Crippen molar-refractivity contribution in [3.63, 3.8) is 0 Å². The molecule has 2 aliphatic carbocycles. The monoisotopic (exact) mass is 794 g/mol. The van der Waals surface area contributed by atoms with Gasteiger partial charge in [-0.05, 0) is 76.2 Å². The summed E-state index contributed by atoms with van der Waals surface area (Å²) in [6.45, 7) is 9.95. The molecule has 20 atom stereocenters. The molecule has 0 aromatic rings. The zero-order valence-electron chi connectivity index (χ0n) is 33.7. The lowest BCUT2D eigenvalue weighted by atomic mass is 9.55. The Morgan fingerprint density at radius 2 is 1.57 bits per heavy atom. The number of hydrogen-bond acceptors (Lipinski definition) is 15. The van der Waals surface area contributed by atoms with Gasteiger partial charge in [0.1, 0.15) is 36.6 Å². The molecule has 0 aromatic heterocycles. The van der Waals surface area contributed by atoms with Gasteiger partial charge in [-0.15, -0.1) is 0 Å². The molecule has 0 bridgehead atoms. The van der Waals surface area contributed by atoms with Crippen LogP contribution >= 0.6 is 0 Å². The van der Waals surface area contributed by atoms with E-state index in [1.165, 1.54) is 19.8 Å². The Labute approximate surface area is 329 Å². The number of carbonyl (C=O) groups excluding carboxylic acids is 1. The van der Waals surface area contributed by atoms with Crippen molar-refractivity contribution in [2.45, 2.75) is 184 Å². The molecule has 0 aromatic carbocycles. The number of allylic oxidation sites excluding steroid dienone is 1. The van der Waals surface area contributed by atoms with Gasteiger partial charge in [0.05, 0.1) is 61.3 Å². The summed E-state index contributed by atoms with van der Waals surface area (Å²) in [7, 11) is 3.05. The van der Waals surface area contributed by atoms with Crippen molar-refractivity contribution in [2.24, 2.45) is 23.2 Å². The van der Waals surface area contributed by atoms with Gasteiger partial charge in [-0.2, -0.15) is 0 Å². The molecule has 3 N–H and O–H groups in total. The smallest absolute Gasteiger partial charge is 0.309 e. The summed E-state index contributed by atoms with van der Waals surface area (Å²) >= 11 is 0. The predicted octanol–water partition coefficient (Wildman–Crippen LogP) is 3.00. The van der Waals surface area contributed by atoms with Crippen LogP contribution in [0.3, 0.4) is 0 Å². The molecule has 1 saturated carbocycles. The Bertz CT molecular complexity index is 1480. The highest BCUT2D eigenvalue weighted by Gasteiger charge is 2.58. The zero-order valence-corrected chi connectivity index (χ0v) is 33.7. The van der Waals surface area contributed by atoms with Crippen molar-refractivity contribution in [2.75, 3.05) is 20.8 Å². The Morgan fingerprint density at radius 3 is 2.32 bits per heavy atom. The van der Waals surface area contributed by atoms with Gasteiger partial charge in [0.2, 0.25) is 5.79 Å². The maximum atomic E-state index is 13.7. The number of methoxy groups -OCH3 is 2. The van der Waals surface area contributed by atoms with Gasteiger partial charge in [-0.3, -0.25) is 4.79 Å². The maximum absolute atomic E-state index is 13.7. The molecular weight excluding hydrogens is 732 g/mol. The molecular formula is C41H62O15. The molecule has 0 spiro atoms. The minimum atomic E-state index is -1.16. The topological polar surface area (TPSA) is 179 Å². The van der Waals surface area contributed by atoms with Crippen LogP contribution in [0.2, 0.25) is 0 Å². The van der Waals surface area contributed by atoms with E-state index >= 15 is 0 Å². The van der Waals surface area contributed by atoms with Crippen molar-refractivity contribution in [3.8, 4) is 0 Å². The number of fused-ring (bicyclic) bond motifs is 3. The minimum absolute atomic E-state index is 0.0773. The van der Waals surface area contributed by atoms with Crippen molar-refractivity contribution in [1.29, 1.82) is 0 Å². The predicted molar refractivity (Wildman–Crippen MR) is 194 cm³/mol. The van der Waals surface area contributed by atoms with E-state index in [9.17, 15) is 20.1 Å². The summed E-state index contributed by atoms with van der Waals surface area (Å²) in [6, 6.07) is 0. The van der Waals surface area contributed by atoms with E-state index in [0.29, 0.717) is 25.9 Å². The third kappa shape index (κ3) is 7.40.